The SMILES string of the molecule is CC1CCN(C(=O)COC(=O)C2CCCCN2S(=O)(=O)c2ccccc2)c2ccccc2S1. The summed E-state index contributed by atoms with van der Waals surface area (Å²) in [6.07, 6.45) is 2.60. The minimum Gasteiger partial charge on any atom is -0.454 e. The number of hydrogen-bond acceptors (Lipinski definition) is 6. The molecule has 1 amide bonds. The molecule has 2 aliphatic rings. The summed E-state index contributed by atoms with van der Waals surface area (Å²) in [6, 6.07) is 14.9. The first-order valence-electron chi connectivity index (χ1n) is 11.2. The zero-order chi connectivity index (χ0) is 23.4. The van der Waals surface area contributed by atoms with Gasteiger partial charge in [-0.2, -0.15) is 4.31 Å². The lowest BCUT2D eigenvalue weighted by Gasteiger charge is -2.33. The number of rotatable bonds is 5. The Kier molecular flexibility index (Phi) is 7.41. The van der Waals surface area contributed by atoms with Crippen LogP contribution in [0, 0.1) is 0 Å². The van der Waals surface area contributed by atoms with Gasteiger partial charge < -0.3 is 9.64 Å². The second-order valence-electron chi connectivity index (χ2n) is 8.28. The number of piperidine rings is 1. The molecule has 9 heteroatoms. The third-order valence-electron chi connectivity index (χ3n) is 5.96. The van der Waals surface area contributed by atoms with Crippen molar-refractivity contribution in [2.75, 3.05) is 24.6 Å². The molecule has 0 bridgehead atoms. The summed E-state index contributed by atoms with van der Waals surface area (Å²) in [5, 5.41) is 0.366. The van der Waals surface area contributed by atoms with Crippen LogP contribution in [-0.2, 0) is 24.3 Å². The molecule has 33 heavy (non-hydrogen) atoms. The number of benzene rings is 2. The maximum Gasteiger partial charge on any atom is 0.324 e. The van der Waals surface area contributed by atoms with Crippen LogP contribution in [0.25, 0.3) is 0 Å². The molecule has 4 rings (SSSR count). The average molecular weight is 489 g/mol. The van der Waals surface area contributed by atoms with E-state index in [0.717, 1.165) is 23.4 Å². The highest BCUT2D eigenvalue weighted by Crippen LogP contribution is 2.37. The first-order chi connectivity index (χ1) is 15.9. The van der Waals surface area contributed by atoms with Gasteiger partial charge in [0.1, 0.15) is 6.04 Å². The Bertz CT molecular complexity index is 1110. The number of carbonyl (C=O) groups excluding carboxylic acids is 2. The summed E-state index contributed by atoms with van der Waals surface area (Å²) in [6.45, 7) is 2.50. The molecular weight excluding hydrogens is 460 g/mol. The molecule has 2 aliphatic heterocycles. The Labute approximate surface area is 199 Å². The number of anilines is 1. The molecule has 0 N–H and O–H groups in total. The van der Waals surface area contributed by atoms with E-state index in [4.69, 9.17) is 4.74 Å². The number of thioether (sulfide) groups is 1. The number of carbonyl (C=O) groups is 2. The highest BCUT2D eigenvalue weighted by atomic mass is 32.2. The minimum atomic E-state index is -3.83. The third-order valence-corrected chi connectivity index (χ3v) is 9.12. The second kappa shape index (κ2) is 10.3. The number of ether oxygens (including phenoxy) is 1. The van der Waals surface area contributed by atoms with Gasteiger partial charge in [-0.25, -0.2) is 8.42 Å². The van der Waals surface area contributed by atoms with Gasteiger partial charge in [-0.15, -0.1) is 11.8 Å². The lowest BCUT2D eigenvalue weighted by atomic mass is 10.1. The molecule has 0 radical (unpaired) electrons. The van der Waals surface area contributed by atoms with Crippen LogP contribution in [-0.4, -0.2) is 55.6 Å². The van der Waals surface area contributed by atoms with Crippen LogP contribution < -0.4 is 4.90 Å². The van der Waals surface area contributed by atoms with Crippen molar-refractivity contribution in [3.8, 4) is 0 Å². The van der Waals surface area contributed by atoms with Crippen LogP contribution in [0.3, 0.4) is 0 Å². The molecular formula is C24H28N2O5S2. The molecule has 0 aromatic heterocycles. The van der Waals surface area contributed by atoms with Crippen molar-refractivity contribution in [1.82, 2.24) is 4.31 Å². The normalized spacial score (nSPS) is 21.7. The standard InChI is InChI=1S/C24H28N2O5S2/c1-18-14-16-25(20-11-5-6-13-22(20)32-18)23(27)17-31-24(28)21-12-7-8-15-26(21)33(29,30)19-9-3-2-4-10-19/h2-6,9-11,13,18,21H,7-8,12,14-17H2,1H3. The van der Waals surface area contributed by atoms with Gasteiger partial charge in [0.25, 0.3) is 5.91 Å². The number of para-hydroxylation sites is 1. The van der Waals surface area contributed by atoms with Gasteiger partial charge in [0.2, 0.25) is 10.0 Å². The van der Waals surface area contributed by atoms with Crippen LogP contribution in [0.1, 0.15) is 32.6 Å². The van der Waals surface area contributed by atoms with E-state index >= 15 is 0 Å². The summed E-state index contributed by atoms with van der Waals surface area (Å²) in [5.74, 6) is -0.979. The van der Waals surface area contributed by atoms with Crippen molar-refractivity contribution in [3.63, 3.8) is 0 Å². The molecule has 1 fully saturated rings. The summed E-state index contributed by atoms with van der Waals surface area (Å²) in [5.41, 5.74) is 0.818. The average Bonchev–Trinajstić information content (AvgIpc) is 3.01. The largest absolute Gasteiger partial charge is 0.454 e. The van der Waals surface area contributed by atoms with E-state index in [0.29, 0.717) is 24.6 Å². The quantitative estimate of drug-likeness (QED) is 0.597. The topological polar surface area (TPSA) is 84.0 Å². The van der Waals surface area contributed by atoms with Gasteiger partial charge in [0.15, 0.2) is 6.61 Å². The molecule has 1 saturated heterocycles. The fraction of sp³-hybridized carbons (Fsp3) is 0.417. The number of hydrogen-bond donors (Lipinski definition) is 0. The first-order valence-corrected chi connectivity index (χ1v) is 13.5. The minimum absolute atomic E-state index is 0.147. The van der Waals surface area contributed by atoms with Gasteiger partial charge in [0.05, 0.1) is 10.6 Å². The summed E-state index contributed by atoms with van der Waals surface area (Å²) < 4.78 is 32.9. The zero-order valence-corrected chi connectivity index (χ0v) is 20.2. The van der Waals surface area contributed by atoms with E-state index < -0.39 is 28.6 Å². The highest BCUT2D eigenvalue weighted by molar-refractivity contribution is 8.00. The maximum atomic E-state index is 13.1. The van der Waals surface area contributed by atoms with Crippen LogP contribution in [0.5, 0.6) is 0 Å². The Morgan fingerprint density at radius 2 is 1.73 bits per heavy atom. The van der Waals surface area contributed by atoms with Gasteiger partial charge in [-0.1, -0.05) is 37.3 Å². The zero-order valence-electron chi connectivity index (χ0n) is 18.6. The summed E-state index contributed by atoms with van der Waals surface area (Å²) >= 11 is 1.73. The van der Waals surface area contributed by atoms with E-state index in [1.54, 1.807) is 34.9 Å². The Morgan fingerprint density at radius 1 is 1.00 bits per heavy atom. The van der Waals surface area contributed by atoms with E-state index in [-0.39, 0.29) is 17.3 Å². The monoisotopic (exact) mass is 488 g/mol. The molecule has 2 unspecified atom stereocenters. The number of esters is 1. The van der Waals surface area contributed by atoms with E-state index in [1.165, 1.54) is 16.4 Å². The van der Waals surface area contributed by atoms with E-state index in [1.807, 2.05) is 24.3 Å². The van der Waals surface area contributed by atoms with Gasteiger partial charge in [-0.05, 0) is 49.9 Å². The van der Waals surface area contributed by atoms with Crippen molar-refractivity contribution < 1.29 is 22.7 Å². The van der Waals surface area contributed by atoms with Gasteiger partial charge in [0, 0.05) is 23.2 Å². The second-order valence-corrected chi connectivity index (χ2v) is 11.6. The van der Waals surface area contributed by atoms with Crippen LogP contribution >= 0.6 is 11.8 Å². The predicted molar refractivity (Wildman–Crippen MR) is 128 cm³/mol. The lowest BCUT2D eigenvalue weighted by molar-refractivity contribution is -0.152. The molecule has 0 aliphatic carbocycles. The predicted octanol–water partition coefficient (Wildman–Crippen LogP) is 3.69. The van der Waals surface area contributed by atoms with Gasteiger partial charge in [-0.3, -0.25) is 9.59 Å². The highest BCUT2D eigenvalue weighted by Gasteiger charge is 2.39. The molecule has 7 nitrogen and oxygen atoms in total. The first kappa shape index (κ1) is 23.8. The maximum absolute atomic E-state index is 13.1. The summed E-state index contributed by atoms with van der Waals surface area (Å²) in [7, 11) is -3.83. The van der Waals surface area contributed by atoms with Crippen molar-refractivity contribution in [2.24, 2.45) is 0 Å². The molecule has 0 spiro atoms. The van der Waals surface area contributed by atoms with Crippen molar-refractivity contribution in [3.05, 3.63) is 54.6 Å². The van der Waals surface area contributed by atoms with Crippen LogP contribution in [0.4, 0.5) is 5.69 Å². The number of fused-ring (bicyclic) bond motifs is 1. The van der Waals surface area contributed by atoms with Crippen molar-refractivity contribution >= 4 is 39.3 Å². The Hall–Kier alpha value is -2.36. The van der Waals surface area contributed by atoms with E-state index in [2.05, 4.69) is 6.92 Å². The van der Waals surface area contributed by atoms with E-state index in [9.17, 15) is 18.0 Å². The smallest absolute Gasteiger partial charge is 0.324 e. The van der Waals surface area contributed by atoms with Crippen molar-refractivity contribution in [2.45, 2.75) is 53.7 Å². The molecule has 176 valence electrons. The van der Waals surface area contributed by atoms with Crippen LogP contribution in [0.2, 0.25) is 0 Å². The molecule has 0 saturated carbocycles. The van der Waals surface area contributed by atoms with Gasteiger partial charge >= 0.3 is 5.97 Å². The fourth-order valence-corrected chi connectivity index (χ4v) is 6.99. The third kappa shape index (κ3) is 5.26. The molecule has 2 aromatic carbocycles. The number of amides is 1. The molecule has 2 atom stereocenters. The molecule has 2 aromatic rings. The Balaban J connectivity index is 1.46. The Morgan fingerprint density at radius 3 is 2.52 bits per heavy atom. The lowest BCUT2D eigenvalue weighted by Crippen LogP contribution is -2.49. The number of nitrogens with zero attached hydrogens (tertiary/aromatic N) is 2. The van der Waals surface area contributed by atoms with Crippen molar-refractivity contribution in [1.29, 1.82) is 0 Å². The number of sulfonamides is 1. The fourth-order valence-electron chi connectivity index (χ4n) is 4.21. The van der Waals surface area contributed by atoms with Crippen LogP contribution in [0.15, 0.2) is 64.4 Å². The summed E-state index contributed by atoms with van der Waals surface area (Å²) in [4.78, 5) is 28.8. The molecule has 2 heterocycles.